The van der Waals surface area contributed by atoms with Crippen molar-refractivity contribution < 1.29 is 9.59 Å². The molecule has 0 saturated carbocycles. The highest BCUT2D eigenvalue weighted by atomic mass is 35.5. The molecule has 142 valence electrons. The van der Waals surface area contributed by atoms with E-state index in [0.717, 1.165) is 4.90 Å². The Morgan fingerprint density at radius 1 is 0.929 bits per heavy atom. The Bertz CT molecular complexity index is 997. The van der Waals surface area contributed by atoms with Gasteiger partial charge in [-0.3, -0.25) is 9.59 Å². The lowest BCUT2D eigenvalue weighted by Crippen LogP contribution is -2.15. The highest BCUT2D eigenvalue weighted by molar-refractivity contribution is 8.00. The van der Waals surface area contributed by atoms with Crippen LogP contribution < -0.4 is 10.6 Å². The second-order valence-corrected chi connectivity index (χ2v) is 7.61. The van der Waals surface area contributed by atoms with Gasteiger partial charge in [0.15, 0.2) is 0 Å². The van der Waals surface area contributed by atoms with Crippen molar-refractivity contribution in [2.24, 2.45) is 0 Å². The standard InChI is InChI=1S/C20H15Cl2N3O2S/c21-14-4-1-3-13(9-14)20(27)24-16-5-2-6-17(10-16)28-12-19(26)25-18-8-7-15(22)11-23-18/h1-11H,12H2,(H,24,27)(H,23,25,26). The van der Waals surface area contributed by atoms with E-state index in [2.05, 4.69) is 15.6 Å². The summed E-state index contributed by atoms with van der Waals surface area (Å²) in [4.78, 5) is 29.3. The maximum atomic E-state index is 12.3. The Balaban J connectivity index is 1.56. The lowest BCUT2D eigenvalue weighted by atomic mass is 10.2. The van der Waals surface area contributed by atoms with Crippen LogP contribution in [-0.2, 0) is 4.79 Å². The van der Waals surface area contributed by atoms with Crippen LogP contribution in [0.5, 0.6) is 0 Å². The second kappa shape index (κ2) is 9.59. The minimum absolute atomic E-state index is 0.187. The van der Waals surface area contributed by atoms with Gasteiger partial charge in [0.25, 0.3) is 5.91 Å². The topological polar surface area (TPSA) is 71.1 Å². The summed E-state index contributed by atoms with van der Waals surface area (Å²) in [7, 11) is 0. The van der Waals surface area contributed by atoms with Crippen LogP contribution in [0, 0.1) is 0 Å². The molecule has 0 fully saturated rings. The highest BCUT2D eigenvalue weighted by Gasteiger charge is 2.08. The number of halogens is 2. The van der Waals surface area contributed by atoms with Crippen molar-refractivity contribution in [1.29, 1.82) is 0 Å². The maximum Gasteiger partial charge on any atom is 0.255 e. The molecule has 2 aromatic carbocycles. The number of carbonyl (C=O) groups is 2. The van der Waals surface area contributed by atoms with Crippen LogP contribution in [0.25, 0.3) is 0 Å². The number of pyridine rings is 1. The molecule has 0 bridgehead atoms. The third kappa shape index (κ3) is 5.99. The maximum absolute atomic E-state index is 12.3. The molecule has 0 unspecified atom stereocenters. The zero-order chi connectivity index (χ0) is 19.9. The van der Waals surface area contributed by atoms with Gasteiger partial charge in [0, 0.05) is 27.4 Å². The number of thioether (sulfide) groups is 1. The molecule has 0 aliphatic heterocycles. The lowest BCUT2D eigenvalue weighted by Gasteiger charge is -2.08. The molecule has 5 nitrogen and oxygen atoms in total. The number of hydrogen-bond donors (Lipinski definition) is 2. The molecule has 0 aliphatic rings. The summed E-state index contributed by atoms with van der Waals surface area (Å²) in [6.45, 7) is 0. The molecule has 8 heteroatoms. The number of amides is 2. The summed E-state index contributed by atoms with van der Waals surface area (Å²) in [5, 5.41) is 6.53. The summed E-state index contributed by atoms with van der Waals surface area (Å²) in [6.07, 6.45) is 1.47. The van der Waals surface area contributed by atoms with Crippen LogP contribution in [-0.4, -0.2) is 22.6 Å². The van der Waals surface area contributed by atoms with Crippen LogP contribution in [0.3, 0.4) is 0 Å². The summed E-state index contributed by atoms with van der Waals surface area (Å²) in [5.41, 5.74) is 1.11. The first-order valence-corrected chi connectivity index (χ1v) is 9.95. The average Bonchev–Trinajstić information content (AvgIpc) is 2.68. The SMILES string of the molecule is O=C(CSc1cccc(NC(=O)c2cccc(Cl)c2)c1)Nc1ccc(Cl)cn1. The van der Waals surface area contributed by atoms with Crippen molar-refractivity contribution in [3.63, 3.8) is 0 Å². The van der Waals surface area contributed by atoms with Gasteiger partial charge in [-0.25, -0.2) is 4.98 Å². The van der Waals surface area contributed by atoms with Gasteiger partial charge in [-0.05, 0) is 48.5 Å². The molecule has 0 saturated heterocycles. The molecule has 3 aromatic rings. The van der Waals surface area contributed by atoms with Gasteiger partial charge in [-0.15, -0.1) is 11.8 Å². The number of aromatic nitrogens is 1. The summed E-state index contributed by atoms with van der Waals surface area (Å²) in [6, 6.07) is 17.3. The normalized spacial score (nSPS) is 10.4. The van der Waals surface area contributed by atoms with E-state index in [1.165, 1.54) is 18.0 Å². The van der Waals surface area contributed by atoms with Crippen molar-refractivity contribution in [3.05, 3.63) is 82.5 Å². The molecule has 2 amide bonds. The molecule has 3 rings (SSSR count). The molecule has 0 radical (unpaired) electrons. The molecule has 0 aliphatic carbocycles. The van der Waals surface area contributed by atoms with Crippen molar-refractivity contribution in [1.82, 2.24) is 4.98 Å². The number of anilines is 2. The Kier molecular flexibility index (Phi) is 6.92. The second-order valence-electron chi connectivity index (χ2n) is 5.69. The summed E-state index contributed by atoms with van der Waals surface area (Å²) in [5.74, 6) is 0.206. The van der Waals surface area contributed by atoms with Crippen molar-refractivity contribution in [2.75, 3.05) is 16.4 Å². The summed E-state index contributed by atoms with van der Waals surface area (Å²) < 4.78 is 0. The van der Waals surface area contributed by atoms with Crippen molar-refractivity contribution in [2.45, 2.75) is 4.90 Å². The monoisotopic (exact) mass is 431 g/mol. The predicted molar refractivity (Wildman–Crippen MR) is 114 cm³/mol. The van der Waals surface area contributed by atoms with E-state index in [0.29, 0.717) is 27.1 Å². The van der Waals surface area contributed by atoms with Gasteiger partial charge in [-0.1, -0.05) is 35.3 Å². The first kappa shape index (κ1) is 20.2. The molecule has 2 N–H and O–H groups in total. The zero-order valence-electron chi connectivity index (χ0n) is 14.5. The Labute approximate surface area is 176 Å². The average molecular weight is 432 g/mol. The Hall–Kier alpha value is -2.54. The van der Waals surface area contributed by atoms with Crippen LogP contribution in [0.2, 0.25) is 10.0 Å². The molecule has 28 heavy (non-hydrogen) atoms. The van der Waals surface area contributed by atoms with Gasteiger partial charge in [0.05, 0.1) is 10.8 Å². The van der Waals surface area contributed by atoms with E-state index in [-0.39, 0.29) is 17.6 Å². The number of rotatable bonds is 6. The van der Waals surface area contributed by atoms with Crippen LogP contribution in [0.4, 0.5) is 11.5 Å². The van der Waals surface area contributed by atoms with Crippen molar-refractivity contribution >= 4 is 58.3 Å². The molecule has 0 spiro atoms. The van der Waals surface area contributed by atoms with E-state index in [4.69, 9.17) is 23.2 Å². The van der Waals surface area contributed by atoms with Crippen LogP contribution >= 0.6 is 35.0 Å². The highest BCUT2D eigenvalue weighted by Crippen LogP contribution is 2.22. The Morgan fingerprint density at radius 3 is 2.50 bits per heavy atom. The first-order valence-electron chi connectivity index (χ1n) is 8.21. The van der Waals surface area contributed by atoms with Crippen LogP contribution in [0.1, 0.15) is 10.4 Å². The molecular formula is C20H15Cl2N3O2S. The van der Waals surface area contributed by atoms with E-state index in [9.17, 15) is 9.59 Å². The number of nitrogens with zero attached hydrogens (tertiary/aromatic N) is 1. The van der Waals surface area contributed by atoms with Gasteiger partial charge < -0.3 is 10.6 Å². The van der Waals surface area contributed by atoms with E-state index in [1.807, 2.05) is 12.1 Å². The molecule has 1 aromatic heterocycles. The van der Waals surface area contributed by atoms with Crippen molar-refractivity contribution in [3.8, 4) is 0 Å². The smallest absolute Gasteiger partial charge is 0.255 e. The van der Waals surface area contributed by atoms with Crippen LogP contribution in [0.15, 0.2) is 71.8 Å². The van der Waals surface area contributed by atoms with Gasteiger partial charge in [-0.2, -0.15) is 0 Å². The van der Waals surface area contributed by atoms with Gasteiger partial charge in [0.2, 0.25) is 5.91 Å². The fraction of sp³-hybridized carbons (Fsp3) is 0.0500. The fourth-order valence-corrected chi connectivity index (χ4v) is 3.33. The van der Waals surface area contributed by atoms with E-state index in [1.54, 1.807) is 48.5 Å². The molecule has 1 heterocycles. The van der Waals surface area contributed by atoms with Gasteiger partial charge >= 0.3 is 0 Å². The zero-order valence-corrected chi connectivity index (χ0v) is 16.8. The summed E-state index contributed by atoms with van der Waals surface area (Å²) >= 11 is 13.0. The fourth-order valence-electron chi connectivity index (χ4n) is 2.27. The largest absolute Gasteiger partial charge is 0.322 e. The quantitative estimate of drug-likeness (QED) is 0.514. The number of nitrogens with one attached hydrogen (secondary N) is 2. The predicted octanol–water partition coefficient (Wildman–Crippen LogP) is 5.37. The van der Waals surface area contributed by atoms with Gasteiger partial charge in [0.1, 0.15) is 5.82 Å². The van der Waals surface area contributed by atoms with E-state index >= 15 is 0 Å². The third-order valence-corrected chi connectivity index (χ3v) is 5.00. The third-order valence-electron chi connectivity index (χ3n) is 3.54. The number of benzene rings is 2. The number of carbonyl (C=O) groups excluding carboxylic acids is 2. The lowest BCUT2D eigenvalue weighted by molar-refractivity contribution is -0.113. The number of hydrogen-bond acceptors (Lipinski definition) is 4. The molecule has 0 atom stereocenters. The molecular weight excluding hydrogens is 417 g/mol. The Morgan fingerprint density at radius 2 is 1.75 bits per heavy atom. The minimum Gasteiger partial charge on any atom is -0.322 e. The minimum atomic E-state index is -0.254. The van der Waals surface area contributed by atoms with E-state index < -0.39 is 0 Å². The first-order chi connectivity index (χ1) is 13.5.